The number of morpholine rings is 1. The van der Waals surface area contributed by atoms with Gasteiger partial charge in [0, 0.05) is 26.7 Å². The predicted octanol–water partition coefficient (Wildman–Crippen LogP) is 0.728. The second-order valence-corrected chi connectivity index (χ2v) is 5.10. The van der Waals surface area contributed by atoms with Crippen LogP contribution in [0.1, 0.15) is 5.56 Å². The van der Waals surface area contributed by atoms with Crippen LogP contribution in [0.4, 0.5) is 0 Å². The smallest absolute Gasteiger partial charge is 0.248 e. The van der Waals surface area contributed by atoms with Gasteiger partial charge in [-0.2, -0.15) is 0 Å². The van der Waals surface area contributed by atoms with Crippen molar-refractivity contribution < 1.29 is 9.53 Å². The molecule has 2 heterocycles. The molecule has 2 aliphatic rings. The average Bonchev–Trinajstić information content (AvgIpc) is 2.79. The van der Waals surface area contributed by atoms with Crippen molar-refractivity contribution in [3.63, 3.8) is 0 Å². The van der Waals surface area contributed by atoms with Gasteiger partial charge in [0.15, 0.2) is 0 Å². The lowest BCUT2D eigenvalue weighted by Gasteiger charge is -2.33. The van der Waals surface area contributed by atoms with Gasteiger partial charge in [-0.05, 0) is 5.56 Å². The van der Waals surface area contributed by atoms with Crippen LogP contribution in [0.5, 0.6) is 0 Å². The van der Waals surface area contributed by atoms with Crippen LogP contribution in [0, 0.1) is 0 Å². The molecule has 0 saturated carbocycles. The molecule has 1 amide bonds. The second-order valence-electron chi connectivity index (χ2n) is 5.10. The van der Waals surface area contributed by atoms with Crippen molar-refractivity contribution >= 4 is 5.91 Å². The summed E-state index contributed by atoms with van der Waals surface area (Å²) in [6.07, 6.45) is 0.177. The third kappa shape index (κ3) is 2.13. The normalized spacial score (nSPS) is 28.5. The summed E-state index contributed by atoms with van der Waals surface area (Å²) in [5.41, 5.74) is 1.31. The van der Waals surface area contributed by atoms with Gasteiger partial charge in [-0.1, -0.05) is 30.3 Å². The maximum atomic E-state index is 11.6. The first-order valence-electron chi connectivity index (χ1n) is 6.37. The molecule has 0 N–H and O–H groups in total. The lowest BCUT2D eigenvalue weighted by Crippen LogP contribution is -2.51. The first-order chi connectivity index (χ1) is 8.74. The van der Waals surface area contributed by atoms with Crippen molar-refractivity contribution in [1.82, 2.24) is 9.80 Å². The molecule has 2 atom stereocenters. The van der Waals surface area contributed by atoms with Crippen molar-refractivity contribution in [2.75, 3.05) is 26.7 Å². The Bertz CT molecular complexity index is 435. The summed E-state index contributed by atoms with van der Waals surface area (Å²) in [7, 11) is 1.88. The Balaban J connectivity index is 1.66. The number of fused-ring (bicyclic) bond motifs is 1. The summed E-state index contributed by atoms with van der Waals surface area (Å²) in [4.78, 5) is 15.8. The number of rotatable bonds is 2. The van der Waals surface area contributed by atoms with Crippen LogP contribution in [0.3, 0.4) is 0 Å². The van der Waals surface area contributed by atoms with Crippen LogP contribution in [0.2, 0.25) is 0 Å². The molecule has 0 aliphatic carbocycles. The van der Waals surface area contributed by atoms with Gasteiger partial charge < -0.3 is 9.64 Å². The van der Waals surface area contributed by atoms with Crippen LogP contribution < -0.4 is 0 Å². The van der Waals surface area contributed by atoms with Crippen molar-refractivity contribution in [1.29, 1.82) is 0 Å². The van der Waals surface area contributed by atoms with E-state index in [2.05, 4.69) is 29.2 Å². The minimum Gasteiger partial charge on any atom is -0.365 e. The number of carbonyl (C=O) groups is 1. The van der Waals surface area contributed by atoms with Gasteiger partial charge in [-0.15, -0.1) is 0 Å². The Morgan fingerprint density at radius 1 is 1.28 bits per heavy atom. The number of likely N-dealkylation sites (N-methyl/N-ethyl adjacent to an activating group) is 1. The molecular weight excluding hydrogens is 228 g/mol. The molecule has 1 aromatic carbocycles. The maximum Gasteiger partial charge on any atom is 0.248 e. The standard InChI is InChI=1S/C14H18N2O2/c1-15-12-8-16(7-11-5-3-2-4-6-11)9-13(12)18-10-14(15)17/h2-6,12-13H,7-10H2,1H3/t12-,13+/m1/s1. The van der Waals surface area contributed by atoms with E-state index < -0.39 is 0 Å². The second kappa shape index (κ2) is 4.71. The lowest BCUT2D eigenvalue weighted by molar-refractivity contribution is -0.150. The molecule has 2 fully saturated rings. The summed E-state index contributed by atoms with van der Waals surface area (Å²) in [5, 5.41) is 0. The number of nitrogens with zero attached hydrogens (tertiary/aromatic N) is 2. The van der Waals surface area contributed by atoms with Crippen LogP contribution in [-0.2, 0) is 16.1 Å². The molecule has 2 saturated heterocycles. The Kier molecular flexibility index (Phi) is 3.06. The molecule has 2 aliphatic heterocycles. The van der Waals surface area contributed by atoms with Crippen molar-refractivity contribution in [2.24, 2.45) is 0 Å². The molecule has 0 aromatic heterocycles. The Labute approximate surface area is 107 Å². The van der Waals surface area contributed by atoms with E-state index in [1.165, 1.54) is 5.56 Å². The van der Waals surface area contributed by atoms with Gasteiger partial charge in [0.25, 0.3) is 0 Å². The summed E-state index contributed by atoms with van der Waals surface area (Å²) >= 11 is 0. The molecule has 96 valence electrons. The van der Waals surface area contributed by atoms with E-state index in [9.17, 15) is 4.79 Å². The zero-order valence-electron chi connectivity index (χ0n) is 10.6. The fraction of sp³-hybridized carbons (Fsp3) is 0.500. The zero-order valence-corrected chi connectivity index (χ0v) is 10.6. The van der Waals surface area contributed by atoms with E-state index in [4.69, 9.17) is 4.74 Å². The number of benzene rings is 1. The highest BCUT2D eigenvalue weighted by atomic mass is 16.5. The fourth-order valence-corrected chi connectivity index (χ4v) is 2.80. The minimum absolute atomic E-state index is 0.0952. The van der Waals surface area contributed by atoms with E-state index in [1.807, 2.05) is 18.0 Å². The number of carbonyl (C=O) groups excluding carboxylic acids is 1. The van der Waals surface area contributed by atoms with E-state index in [1.54, 1.807) is 0 Å². The Morgan fingerprint density at radius 3 is 2.83 bits per heavy atom. The summed E-state index contributed by atoms with van der Waals surface area (Å²) in [5.74, 6) is 0.0952. The molecule has 0 unspecified atom stereocenters. The number of likely N-dealkylation sites (tertiary alicyclic amines) is 1. The SMILES string of the molecule is CN1C(=O)CO[C@H]2CN(Cc3ccccc3)C[C@H]21. The van der Waals surface area contributed by atoms with Gasteiger partial charge in [-0.25, -0.2) is 0 Å². The molecule has 0 bridgehead atoms. The third-order valence-corrected chi connectivity index (χ3v) is 3.87. The quantitative estimate of drug-likeness (QED) is 0.771. The average molecular weight is 246 g/mol. The number of hydrogen-bond donors (Lipinski definition) is 0. The molecule has 4 nitrogen and oxygen atoms in total. The first kappa shape index (κ1) is 11.7. The molecule has 1 aromatic rings. The van der Waals surface area contributed by atoms with Gasteiger partial charge >= 0.3 is 0 Å². The molecular formula is C14H18N2O2. The molecule has 4 heteroatoms. The fourth-order valence-electron chi connectivity index (χ4n) is 2.80. The highest BCUT2D eigenvalue weighted by Crippen LogP contribution is 2.23. The van der Waals surface area contributed by atoms with Crippen molar-refractivity contribution in [2.45, 2.75) is 18.7 Å². The monoisotopic (exact) mass is 246 g/mol. The number of amides is 1. The van der Waals surface area contributed by atoms with Gasteiger partial charge in [-0.3, -0.25) is 9.69 Å². The van der Waals surface area contributed by atoms with E-state index in [0.29, 0.717) is 0 Å². The summed E-state index contributed by atoms with van der Waals surface area (Å²) in [6.45, 7) is 2.98. The first-order valence-corrected chi connectivity index (χ1v) is 6.37. The zero-order chi connectivity index (χ0) is 12.5. The minimum atomic E-state index is 0.0952. The van der Waals surface area contributed by atoms with E-state index >= 15 is 0 Å². The Hall–Kier alpha value is -1.39. The van der Waals surface area contributed by atoms with Crippen molar-refractivity contribution in [3.05, 3.63) is 35.9 Å². The van der Waals surface area contributed by atoms with Gasteiger partial charge in [0.05, 0.1) is 12.1 Å². The highest BCUT2D eigenvalue weighted by molar-refractivity contribution is 5.78. The summed E-state index contributed by atoms with van der Waals surface area (Å²) in [6, 6.07) is 10.6. The highest BCUT2D eigenvalue weighted by Gasteiger charge is 2.41. The summed E-state index contributed by atoms with van der Waals surface area (Å²) < 4.78 is 5.62. The molecule has 0 radical (unpaired) electrons. The molecule has 0 spiro atoms. The third-order valence-electron chi connectivity index (χ3n) is 3.87. The van der Waals surface area contributed by atoms with Crippen LogP contribution in [0.25, 0.3) is 0 Å². The molecule has 3 rings (SSSR count). The topological polar surface area (TPSA) is 32.8 Å². The van der Waals surface area contributed by atoms with Crippen LogP contribution >= 0.6 is 0 Å². The Morgan fingerprint density at radius 2 is 2.06 bits per heavy atom. The van der Waals surface area contributed by atoms with Crippen molar-refractivity contribution in [3.8, 4) is 0 Å². The largest absolute Gasteiger partial charge is 0.365 e. The number of hydrogen-bond acceptors (Lipinski definition) is 3. The predicted molar refractivity (Wildman–Crippen MR) is 68.0 cm³/mol. The molecule has 18 heavy (non-hydrogen) atoms. The van der Waals surface area contributed by atoms with Gasteiger partial charge in [0.1, 0.15) is 6.61 Å². The van der Waals surface area contributed by atoms with Crippen LogP contribution in [0.15, 0.2) is 30.3 Å². The van der Waals surface area contributed by atoms with Gasteiger partial charge in [0.2, 0.25) is 5.91 Å². The van der Waals surface area contributed by atoms with E-state index in [-0.39, 0.29) is 24.7 Å². The van der Waals surface area contributed by atoms with Crippen LogP contribution in [-0.4, -0.2) is 54.6 Å². The lowest BCUT2D eigenvalue weighted by atomic mass is 10.1. The maximum absolute atomic E-state index is 11.6. The number of ether oxygens (including phenoxy) is 1. The van der Waals surface area contributed by atoms with E-state index in [0.717, 1.165) is 19.6 Å².